The number of esters is 1. The van der Waals surface area contributed by atoms with Crippen molar-refractivity contribution < 1.29 is 38.7 Å². The van der Waals surface area contributed by atoms with E-state index >= 15 is 0 Å². The van der Waals surface area contributed by atoms with E-state index in [0.717, 1.165) is 44.1 Å². The molecule has 0 saturated carbocycles. The monoisotopic (exact) mass is 496 g/mol. The van der Waals surface area contributed by atoms with E-state index in [4.69, 9.17) is 23.7 Å². The minimum atomic E-state index is -0.526. The molecule has 2 N–H and O–H groups in total. The fourth-order valence-electron chi connectivity index (χ4n) is 3.88. The van der Waals surface area contributed by atoms with Gasteiger partial charge in [-0.2, -0.15) is 0 Å². The van der Waals surface area contributed by atoms with E-state index in [1.807, 2.05) is 24.3 Å². The van der Waals surface area contributed by atoms with E-state index in [9.17, 15) is 15.0 Å². The zero-order chi connectivity index (χ0) is 25.2. The first kappa shape index (κ1) is 25.6. The number of ether oxygens (including phenoxy) is 5. The molecule has 36 heavy (non-hydrogen) atoms. The molecule has 2 atom stereocenters. The topological polar surface area (TPSA) is 104 Å². The summed E-state index contributed by atoms with van der Waals surface area (Å²) in [4.78, 5) is 12.0. The maximum absolute atomic E-state index is 12.0. The quantitative estimate of drug-likeness (QED) is 0.278. The summed E-state index contributed by atoms with van der Waals surface area (Å²) in [5.41, 5.74) is 1.43. The van der Waals surface area contributed by atoms with Crippen molar-refractivity contribution in [1.29, 1.82) is 0 Å². The Bertz CT molecular complexity index is 1070. The van der Waals surface area contributed by atoms with Gasteiger partial charge in [-0.3, -0.25) is 0 Å². The Morgan fingerprint density at radius 1 is 0.833 bits per heavy atom. The molecule has 2 unspecified atom stereocenters. The van der Waals surface area contributed by atoms with Gasteiger partial charge in [0, 0.05) is 18.9 Å². The lowest BCUT2D eigenvalue weighted by molar-refractivity contribution is -0.136. The fraction of sp³-hybridized carbons (Fsp3) is 0.393. The molecular weight excluding hydrogens is 464 g/mol. The van der Waals surface area contributed by atoms with Crippen LogP contribution in [0.25, 0.3) is 12.2 Å². The zero-order valence-electron chi connectivity index (χ0n) is 20.1. The van der Waals surface area contributed by atoms with Gasteiger partial charge >= 0.3 is 5.97 Å². The summed E-state index contributed by atoms with van der Waals surface area (Å²) in [5.74, 6) is 0.207. The molecule has 2 saturated heterocycles. The molecule has 2 aliphatic rings. The number of carbonyl (C=O) groups excluding carboxylic acids is 1. The molecule has 0 radical (unpaired) electrons. The molecule has 2 fully saturated rings. The van der Waals surface area contributed by atoms with E-state index in [-0.39, 0.29) is 30.7 Å². The third-order valence-electron chi connectivity index (χ3n) is 5.80. The van der Waals surface area contributed by atoms with Crippen molar-refractivity contribution >= 4 is 18.1 Å². The molecule has 0 bridgehead atoms. The molecule has 192 valence electrons. The Morgan fingerprint density at radius 3 is 2.17 bits per heavy atom. The van der Waals surface area contributed by atoms with Gasteiger partial charge in [0.15, 0.2) is 35.6 Å². The number of benzene rings is 2. The summed E-state index contributed by atoms with van der Waals surface area (Å²) in [6, 6.07) is 9.92. The lowest BCUT2D eigenvalue weighted by atomic mass is 10.1. The number of phenols is 2. The van der Waals surface area contributed by atoms with Crippen molar-refractivity contribution in [3.05, 3.63) is 59.7 Å². The molecule has 8 heteroatoms. The number of rotatable bonds is 9. The second kappa shape index (κ2) is 13.0. The van der Waals surface area contributed by atoms with Gasteiger partial charge in [0.1, 0.15) is 6.61 Å². The second-order valence-electron chi connectivity index (χ2n) is 8.65. The van der Waals surface area contributed by atoms with E-state index < -0.39 is 5.97 Å². The molecular formula is C28H32O8. The smallest absolute Gasteiger partial charge is 0.331 e. The van der Waals surface area contributed by atoms with Gasteiger partial charge in [-0.15, -0.1) is 0 Å². The highest BCUT2D eigenvalue weighted by atomic mass is 16.7. The molecule has 8 nitrogen and oxygen atoms in total. The van der Waals surface area contributed by atoms with Crippen molar-refractivity contribution in [2.75, 3.05) is 19.8 Å². The van der Waals surface area contributed by atoms with Crippen LogP contribution >= 0.6 is 0 Å². The lowest BCUT2D eigenvalue weighted by Gasteiger charge is -2.27. The first-order chi connectivity index (χ1) is 17.6. The van der Waals surface area contributed by atoms with Crippen LogP contribution in [0.3, 0.4) is 0 Å². The minimum absolute atomic E-state index is 0.0834. The van der Waals surface area contributed by atoms with Crippen LogP contribution in [-0.4, -0.2) is 48.6 Å². The Balaban J connectivity index is 1.34. The maximum Gasteiger partial charge on any atom is 0.331 e. The highest BCUT2D eigenvalue weighted by Crippen LogP contribution is 2.33. The van der Waals surface area contributed by atoms with E-state index in [1.165, 1.54) is 24.3 Å². The minimum Gasteiger partial charge on any atom is -0.504 e. The normalized spacial score (nSPS) is 20.4. The standard InChI is InChI=1S/C28H32O8/c29-22-12-9-21(18-23(22)30)11-14-26(31)32-17-5-6-20-10-13-24(35-27-7-1-3-15-33-27)25(19-20)36-28-8-2-4-16-34-28/h5-6,9-14,18-19,27-30H,1-4,7-8,15-17H2. The maximum atomic E-state index is 12.0. The van der Waals surface area contributed by atoms with Crippen LogP contribution in [0.4, 0.5) is 0 Å². The van der Waals surface area contributed by atoms with E-state index in [0.29, 0.717) is 30.3 Å². The summed E-state index contributed by atoms with van der Waals surface area (Å²) in [7, 11) is 0. The lowest BCUT2D eigenvalue weighted by Crippen LogP contribution is -2.27. The highest BCUT2D eigenvalue weighted by molar-refractivity contribution is 5.87. The SMILES string of the molecule is O=C(C=Cc1ccc(O)c(O)c1)OCC=Cc1ccc(OC2CCCCO2)c(OC2CCCCO2)c1. The third kappa shape index (κ3) is 7.76. The second-order valence-corrected chi connectivity index (χ2v) is 8.65. The molecule has 0 spiro atoms. The van der Waals surface area contributed by atoms with Gasteiger partial charge in [-0.25, -0.2) is 4.79 Å². The molecule has 0 amide bonds. The molecule has 0 aromatic heterocycles. The predicted octanol–water partition coefficient (Wildman–Crippen LogP) is 5.18. The summed E-state index contributed by atoms with van der Waals surface area (Å²) >= 11 is 0. The first-order valence-corrected chi connectivity index (χ1v) is 12.3. The Hall–Kier alpha value is -3.49. The molecule has 2 aliphatic heterocycles. The number of hydrogen-bond donors (Lipinski definition) is 2. The van der Waals surface area contributed by atoms with Crippen LogP contribution in [-0.2, 0) is 19.0 Å². The van der Waals surface area contributed by atoms with Crippen molar-refractivity contribution in [3.63, 3.8) is 0 Å². The highest BCUT2D eigenvalue weighted by Gasteiger charge is 2.21. The van der Waals surface area contributed by atoms with Gasteiger partial charge in [-0.05, 0) is 73.2 Å². The van der Waals surface area contributed by atoms with Gasteiger partial charge in [0.05, 0.1) is 13.2 Å². The average Bonchev–Trinajstić information content (AvgIpc) is 2.90. The average molecular weight is 497 g/mol. The van der Waals surface area contributed by atoms with Crippen LogP contribution < -0.4 is 9.47 Å². The van der Waals surface area contributed by atoms with Gasteiger partial charge in [0.2, 0.25) is 0 Å². The number of carbonyl (C=O) groups is 1. The molecule has 2 aromatic carbocycles. The van der Waals surface area contributed by atoms with E-state index in [1.54, 1.807) is 12.1 Å². The summed E-state index contributed by atoms with van der Waals surface area (Å²) in [5, 5.41) is 18.9. The van der Waals surface area contributed by atoms with Crippen molar-refractivity contribution in [1.82, 2.24) is 0 Å². The van der Waals surface area contributed by atoms with E-state index in [2.05, 4.69) is 0 Å². The Labute approximate surface area is 210 Å². The summed E-state index contributed by atoms with van der Waals surface area (Å²) in [6.07, 6.45) is 11.6. The number of phenolic OH excluding ortho intramolecular Hbond substituents is 2. The van der Waals surface area contributed by atoms with Crippen molar-refractivity contribution in [2.45, 2.75) is 51.1 Å². The summed E-state index contributed by atoms with van der Waals surface area (Å²) in [6.45, 7) is 1.46. The van der Waals surface area contributed by atoms with Crippen molar-refractivity contribution in [3.8, 4) is 23.0 Å². The summed E-state index contributed by atoms with van der Waals surface area (Å²) < 4.78 is 28.9. The van der Waals surface area contributed by atoms with Gasteiger partial charge < -0.3 is 33.9 Å². The van der Waals surface area contributed by atoms with Crippen molar-refractivity contribution in [2.24, 2.45) is 0 Å². The molecule has 2 heterocycles. The zero-order valence-corrected chi connectivity index (χ0v) is 20.1. The molecule has 2 aromatic rings. The predicted molar refractivity (Wildman–Crippen MR) is 134 cm³/mol. The van der Waals surface area contributed by atoms with Gasteiger partial charge in [-0.1, -0.05) is 18.2 Å². The van der Waals surface area contributed by atoms with Crippen LogP contribution in [0.5, 0.6) is 23.0 Å². The largest absolute Gasteiger partial charge is 0.504 e. The van der Waals surface area contributed by atoms with Crippen LogP contribution in [0.15, 0.2) is 48.6 Å². The molecule has 4 rings (SSSR count). The number of aromatic hydroxyl groups is 2. The Kier molecular flexibility index (Phi) is 9.24. The molecule has 0 aliphatic carbocycles. The third-order valence-corrected chi connectivity index (χ3v) is 5.80. The Morgan fingerprint density at radius 2 is 1.50 bits per heavy atom. The fourth-order valence-corrected chi connectivity index (χ4v) is 3.88. The van der Waals surface area contributed by atoms with Crippen LogP contribution in [0, 0.1) is 0 Å². The van der Waals surface area contributed by atoms with Crippen LogP contribution in [0.1, 0.15) is 49.7 Å². The number of hydrogen-bond acceptors (Lipinski definition) is 8. The first-order valence-electron chi connectivity index (χ1n) is 12.3. The van der Waals surface area contributed by atoms with Gasteiger partial charge in [0.25, 0.3) is 0 Å². The van der Waals surface area contributed by atoms with Crippen LogP contribution in [0.2, 0.25) is 0 Å².